The minimum atomic E-state index is -2.59. The van der Waals surface area contributed by atoms with E-state index in [4.69, 9.17) is 25.5 Å². The third-order valence-electron chi connectivity index (χ3n) is 1.91. The Morgan fingerprint density at radius 3 is 2.07 bits per heavy atom. The second-order valence-corrected chi connectivity index (χ2v) is 3.14. The Labute approximate surface area is 79.9 Å². The molecule has 0 bridgehead atoms. The van der Waals surface area contributed by atoms with E-state index in [-0.39, 0.29) is 0 Å². The number of carboxylic acid groups (broad SMARTS) is 1. The molecule has 0 aromatic rings. The van der Waals surface area contributed by atoms with Crippen molar-refractivity contribution in [2.24, 2.45) is 0 Å². The lowest BCUT2D eigenvalue weighted by Crippen LogP contribution is -2.56. The molecule has 14 heavy (non-hydrogen) atoms. The normalized spacial score (nSPS) is 22.1. The maximum absolute atomic E-state index is 10.4. The van der Waals surface area contributed by atoms with E-state index in [2.05, 4.69) is 0 Å². The summed E-state index contributed by atoms with van der Waals surface area (Å²) >= 11 is 0. The summed E-state index contributed by atoms with van der Waals surface area (Å²) in [6.45, 7) is -0.0821. The van der Waals surface area contributed by atoms with Crippen LogP contribution in [0.25, 0.3) is 0 Å². The van der Waals surface area contributed by atoms with Crippen molar-refractivity contribution in [2.75, 3.05) is 6.61 Å². The number of hydrogen-bond acceptors (Lipinski definition) is 6. The zero-order valence-electron chi connectivity index (χ0n) is 7.53. The van der Waals surface area contributed by atoms with E-state index in [0.29, 0.717) is 0 Å². The number of aliphatic hydroxyl groups excluding tert-OH is 4. The number of hydrogen-bond donors (Lipinski definition) is 6. The van der Waals surface area contributed by atoms with Crippen LogP contribution in [0.1, 0.15) is 6.92 Å². The smallest absolute Gasteiger partial charge is 0.338 e. The third-order valence-corrected chi connectivity index (χ3v) is 1.91. The van der Waals surface area contributed by atoms with Crippen LogP contribution < -0.4 is 0 Å². The van der Waals surface area contributed by atoms with E-state index in [1.165, 1.54) is 0 Å². The highest BCUT2D eigenvalue weighted by atomic mass is 16.4. The second-order valence-electron chi connectivity index (χ2n) is 3.14. The topological polar surface area (TPSA) is 138 Å². The van der Waals surface area contributed by atoms with Crippen LogP contribution in [0.3, 0.4) is 0 Å². The fraction of sp³-hybridized carbons (Fsp3) is 0.857. The minimum Gasteiger partial charge on any atom is -0.479 e. The monoisotopic (exact) mass is 210 g/mol. The maximum Gasteiger partial charge on any atom is 0.338 e. The van der Waals surface area contributed by atoms with Crippen LogP contribution in [-0.2, 0) is 4.79 Å². The third kappa shape index (κ3) is 2.63. The maximum atomic E-state index is 10.4. The molecule has 7 nitrogen and oxygen atoms in total. The lowest BCUT2D eigenvalue weighted by Gasteiger charge is -2.30. The molecule has 0 aromatic carbocycles. The van der Waals surface area contributed by atoms with E-state index in [9.17, 15) is 9.90 Å². The van der Waals surface area contributed by atoms with Crippen molar-refractivity contribution >= 4 is 5.97 Å². The lowest BCUT2D eigenvalue weighted by molar-refractivity contribution is -0.186. The summed E-state index contributed by atoms with van der Waals surface area (Å²) in [6, 6.07) is 0. The van der Waals surface area contributed by atoms with E-state index < -0.39 is 36.5 Å². The van der Waals surface area contributed by atoms with Gasteiger partial charge in [-0.25, -0.2) is 4.79 Å². The first-order valence-electron chi connectivity index (χ1n) is 3.86. The van der Waals surface area contributed by atoms with Gasteiger partial charge in [0, 0.05) is 0 Å². The number of aliphatic carboxylic acids is 1. The van der Waals surface area contributed by atoms with Crippen LogP contribution in [0, 0.1) is 0 Å². The first kappa shape index (κ1) is 13.3. The summed E-state index contributed by atoms with van der Waals surface area (Å²) in [5, 5.41) is 53.2. The Hall–Kier alpha value is -0.730. The van der Waals surface area contributed by atoms with Gasteiger partial charge in [-0.3, -0.25) is 0 Å². The summed E-state index contributed by atoms with van der Waals surface area (Å²) in [6.07, 6.45) is -5.75. The molecule has 0 spiro atoms. The molecule has 0 saturated carbocycles. The molecule has 0 saturated heterocycles. The number of carboxylic acids is 1. The van der Waals surface area contributed by atoms with Crippen LogP contribution in [-0.4, -0.2) is 67.1 Å². The van der Waals surface area contributed by atoms with Gasteiger partial charge in [0.15, 0.2) is 5.60 Å². The fourth-order valence-electron chi connectivity index (χ4n) is 0.777. The summed E-state index contributed by atoms with van der Waals surface area (Å²) < 4.78 is 0. The average Bonchev–Trinajstić information content (AvgIpc) is 2.13. The molecule has 0 radical (unpaired) electrons. The van der Waals surface area contributed by atoms with Crippen molar-refractivity contribution in [1.82, 2.24) is 0 Å². The van der Waals surface area contributed by atoms with Crippen LogP contribution in [0.5, 0.6) is 0 Å². The predicted octanol–water partition coefficient (Wildman–Crippen LogP) is -3.10. The van der Waals surface area contributed by atoms with Gasteiger partial charge in [0.1, 0.15) is 18.3 Å². The van der Waals surface area contributed by atoms with Gasteiger partial charge in [-0.15, -0.1) is 0 Å². The highest BCUT2D eigenvalue weighted by Crippen LogP contribution is 2.15. The van der Waals surface area contributed by atoms with E-state index in [0.717, 1.165) is 6.92 Å². The van der Waals surface area contributed by atoms with E-state index in [1.807, 2.05) is 0 Å². The van der Waals surface area contributed by atoms with Crippen LogP contribution in [0.2, 0.25) is 0 Å². The van der Waals surface area contributed by atoms with Gasteiger partial charge in [-0.2, -0.15) is 0 Å². The van der Waals surface area contributed by atoms with Gasteiger partial charge < -0.3 is 30.6 Å². The molecular weight excluding hydrogens is 196 g/mol. The van der Waals surface area contributed by atoms with Gasteiger partial charge in [0.25, 0.3) is 0 Å². The molecule has 0 fully saturated rings. The minimum absolute atomic E-state index is 0.771. The Morgan fingerprint density at radius 2 is 1.79 bits per heavy atom. The number of carbonyl (C=O) groups is 1. The molecule has 0 rings (SSSR count). The lowest BCUT2D eigenvalue weighted by atomic mass is 9.92. The molecule has 84 valence electrons. The van der Waals surface area contributed by atoms with Crippen LogP contribution in [0.4, 0.5) is 0 Å². The Balaban J connectivity index is 4.60. The van der Waals surface area contributed by atoms with E-state index >= 15 is 0 Å². The second kappa shape index (κ2) is 4.67. The van der Waals surface area contributed by atoms with Crippen molar-refractivity contribution in [3.05, 3.63) is 0 Å². The molecule has 6 N–H and O–H groups in total. The molecule has 0 heterocycles. The average molecular weight is 210 g/mol. The van der Waals surface area contributed by atoms with Crippen molar-refractivity contribution in [1.29, 1.82) is 0 Å². The summed E-state index contributed by atoms with van der Waals surface area (Å²) in [7, 11) is 0. The first-order valence-corrected chi connectivity index (χ1v) is 3.86. The molecule has 0 aromatic heterocycles. The SMILES string of the molecule is C[C@](O)(C(=O)O)[C@@H](O)[C@H](O)[C@H](O)CO. The van der Waals surface area contributed by atoms with E-state index in [1.54, 1.807) is 0 Å². The molecule has 0 aliphatic carbocycles. The zero-order chi connectivity index (χ0) is 11.5. The van der Waals surface area contributed by atoms with Crippen molar-refractivity contribution in [3.63, 3.8) is 0 Å². The van der Waals surface area contributed by atoms with Gasteiger partial charge in [0.2, 0.25) is 0 Å². The van der Waals surface area contributed by atoms with Crippen molar-refractivity contribution in [3.8, 4) is 0 Å². The molecular formula is C7H14O7. The molecule has 0 aliphatic rings. The molecule has 7 heteroatoms. The molecule has 0 unspecified atom stereocenters. The standard InChI is InChI=1S/C7H14O7/c1-7(14,6(12)13)5(11)4(10)3(9)2-8/h3-5,8-11,14H,2H2,1H3,(H,12,13)/t3-,4-,5+,7-/m1/s1. The first-order chi connectivity index (χ1) is 6.25. The zero-order valence-corrected chi connectivity index (χ0v) is 7.53. The van der Waals surface area contributed by atoms with Crippen LogP contribution in [0.15, 0.2) is 0 Å². The molecule has 0 amide bonds. The fourth-order valence-corrected chi connectivity index (χ4v) is 0.777. The largest absolute Gasteiger partial charge is 0.479 e. The Morgan fingerprint density at radius 1 is 1.36 bits per heavy atom. The Kier molecular flexibility index (Phi) is 4.43. The predicted molar refractivity (Wildman–Crippen MR) is 43.4 cm³/mol. The quantitative estimate of drug-likeness (QED) is 0.282. The Bertz CT molecular complexity index is 202. The van der Waals surface area contributed by atoms with Gasteiger partial charge in [0.05, 0.1) is 6.61 Å². The molecule has 4 atom stereocenters. The number of aliphatic hydroxyl groups is 5. The van der Waals surface area contributed by atoms with Gasteiger partial charge in [-0.1, -0.05) is 0 Å². The summed E-state index contributed by atoms with van der Waals surface area (Å²) in [5.74, 6) is -1.74. The molecule has 0 aliphatic heterocycles. The summed E-state index contributed by atoms with van der Waals surface area (Å²) in [4.78, 5) is 10.4. The van der Waals surface area contributed by atoms with Crippen LogP contribution >= 0.6 is 0 Å². The van der Waals surface area contributed by atoms with Gasteiger partial charge in [-0.05, 0) is 6.92 Å². The van der Waals surface area contributed by atoms with Crippen molar-refractivity contribution in [2.45, 2.75) is 30.8 Å². The summed E-state index contributed by atoms with van der Waals surface area (Å²) in [5.41, 5.74) is -2.59. The highest BCUT2D eigenvalue weighted by molar-refractivity contribution is 5.77. The van der Waals surface area contributed by atoms with Gasteiger partial charge >= 0.3 is 5.97 Å². The number of rotatable bonds is 5. The highest BCUT2D eigenvalue weighted by Gasteiger charge is 2.44. The van der Waals surface area contributed by atoms with Crippen molar-refractivity contribution < 1.29 is 35.4 Å².